The van der Waals surface area contributed by atoms with Crippen LogP contribution < -0.4 is 11.1 Å². The SMILES string of the molecule is CCCC(=N)Cc1ccc(C(=O)Nc2cc(-c3cccs3)ccc2N)cc1. The number of nitrogens with two attached hydrogens (primary N) is 1. The molecule has 0 saturated carbocycles. The largest absolute Gasteiger partial charge is 0.397 e. The van der Waals surface area contributed by atoms with Gasteiger partial charge in [-0.25, -0.2) is 0 Å². The highest BCUT2D eigenvalue weighted by Crippen LogP contribution is 2.30. The smallest absolute Gasteiger partial charge is 0.255 e. The number of hydrogen-bond acceptors (Lipinski definition) is 4. The van der Waals surface area contributed by atoms with Crippen LogP contribution in [0.3, 0.4) is 0 Å². The van der Waals surface area contributed by atoms with E-state index in [2.05, 4.69) is 12.2 Å². The number of rotatable bonds is 7. The van der Waals surface area contributed by atoms with E-state index < -0.39 is 0 Å². The predicted molar refractivity (Wildman–Crippen MR) is 115 cm³/mol. The monoisotopic (exact) mass is 377 g/mol. The Kier molecular flexibility index (Phi) is 6.04. The van der Waals surface area contributed by atoms with Gasteiger partial charge in [-0.3, -0.25) is 4.79 Å². The van der Waals surface area contributed by atoms with Crippen LogP contribution in [0.2, 0.25) is 0 Å². The molecule has 0 fully saturated rings. The Morgan fingerprint density at radius 2 is 1.93 bits per heavy atom. The van der Waals surface area contributed by atoms with E-state index in [-0.39, 0.29) is 5.91 Å². The second-order valence-corrected chi connectivity index (χ2v) is 7.41. The third-order valence-corrected chi connectivity index (χ3v) is 5.21. The molecule has 0 aliphatic rings. The van der Waals surface area contributed by atoms with Crippen LogP contribution in [-0.4, -0.2) is 11.6 Å². The molecule has 3 rings (SSSR count). The molecule has 0 aliphatic carbocycles. The van der Waals surface area contributed by atoms with Gasteiger partial charge in [-0.2, -0.15) is 0 Å². The van der Waals surface area contributed by atoms with Gasteiger partial charge in [0.25, 0.3) is 5.91 Å². The first-order valence-electron chi connectivity index (χ1n) is 8.97. The topological polar surface area (TPSA) is 79.0 Å². The molecule has 27 heavy (non-hydrogen) atoms. The van der Waals surface area contributed by atoms with Gasteiger partial charge in [0.1, 0.15) is 0 Å². The van der Waals surface area contributed by atoms with Crippen molar-refractivity contribution in [3.05, 3.63) is 71.1 Å². The lowest BCUT2D eigenvalue weighted by Gasteiger charge is -2.10. The standard InChI is InChI=1S/C22H23N3OS/c1-2-4-18(23)13-15-6-8-16(9-7-15)22(26)25-20-14-17(10-11-19(20)24)21-5-3-12-27-21/h3,5-12,14,23H,2,4,13,24H2,1H3,(H,25,26). The van der Waals surface area contributed by atoms with Gasteiger partial charge in [-0.15, -0.1) is 11.3 Å². The molecule has 0 saturated heterocycles. The molecule has 0 atom stereocenters. The Balaban J connectivity index is 1.72. The number of anilines is 2. The van der Waals surface area contributed by atoms with Gasteiger partial charge in [-0.05, 0) is 53.3 Å². The number of carbonyl (C=O) groups excluding carboxylic acids is 1. The number of hydrogen-bond donors (Lipinski definition) is 3. The minimum absolute atomic E-state index is 0.194. The maximum atomic E-state index is 12.6. The molecule has 0 bridgehead atoms. The summed E-state index contributed by atoms with van der Waals surface area (Å²) in [5.74, 6) is -0.194. The first-order valence-corrected chi connectivity index (χ1v) is 9.84. The van der Waals surface area contributed by atoms with E-state index in [1.54, 1.807) is 23.5 Å². The van der Waals surface area contributed by atoms with Gasteiger partial charge in [0.2, 0.25) is 0 Å². The van der Waals surface area contributed by atoms with Gasteiger partial charge in [0.05, 0.1) is 11.4 Å². The fourth-order valence-corrected chi connectivity index (χ4v) is 3.59. The molecule has 138 valence electrons. The number of carbonyl (C=O) groups is 1. The van der Waals surface area contributed by atoms with Crippen molar-refractivity contribution in [2.75, 3.05) is 11.1 Å². The summed E-state index contributed by atoms with van der Waals surface area (Å²) in [6, 6.07) is 17.1. The van der Waals surface area contributed by atoms with Crippen LogP contribution in [0, 0.1) is 5.41 Å². The minimum Gasteiger partial charge on any atom is -0.397 e. The Morgan fingerprint density at radius 1 is 1.15 bits per heavy atom. The number of benzene rings is 2. The average molecular weight is 378 g/mol. The van der Waals surface area contributed by atoms with Crippen LogP contribution in [0.5, 0.6) is 0 Å². The number of thiophene rings is 1. The molecule has 1 amide bonds. The Labute approximate surface area is 163 Å². The Bertz CT molecular complexity index is 931. The normalized spacial score (nSPS) is 10.6. The van der Waals surface area contributed by atoms with Crippen molar-refractivity contribution >= 4 is 34.3 Å². The number of nitrogens with one attached hydrogen (secondary N) is 2. The summed E-state index contributed by atoms with van der Waals surface area (Å²) >= 11 is 1.64. The molecule has 1 aromatic heterocycles. The molecule has 0 spiro atoms. The zero-order valence-corrected chi connectivity index (χ0v) is 16.1. The molecule has 0 unspecified atom stereocenters. The van der Waals surface area contributed by atoms with E-state index in [9.17, 15) is 4.79 Å². The zero-order valence-electron chi connectivity index (χ0n) is 15.3. The zero-order chi connectivity index (χ0) is 19.2. The van der Waals surface area contributed by atoms with Crippen molar-refractivity contribution in [1.82, 2.24) is 0 Å². The number of amides is 1. The lowest BCUT2D eigenvalue weighted by Crippen LogP contribution is -2.13. The average Bonchev–Trinajstić information content (AvgIpc) is 3.19. The summed E-state index contributed by atoms with van der Waals surface area (Å²) in [5, 5.41) is 12.9. The van der Waals surface area contributed by atoms with E-state index in [4.69, 9.17) is 11.1 Å². The number of nitrogen functional groups attached to an aromatic ring is 1. The van der Waals surface area contributed by atoms with E-state index in [1.165, 1.54) is 0 Å². The van der Waals surface area contributed by atoms with Crippen LogP contribution in [0.25, 0.3) is 10.4 Å². The summed E-state index contributed by atoms with van der Waals surface area (Å²) in [6.45, 7) is 2.07. The van der Waals surface area contributed by atoms with Crippen molar-refractivity contribution in [3.63, 3.8) is 0 Å². The van der Waals surface area contributed by atoms with Gasteiger partial charge in [0.15, 0.2) is 0 Å². The second kappa shape index (κ2) is 8.64. The first kappa shape index (κ1) is 18.9. The lowest BCUT2D eigenvalue weighted by atomic mass is 10.0. The maximum absolute atomic E-state index is 12.6. The van der Waals surface area contributed by atoms with Gasteiger partial charge in [-0.1, -0.05) is 37.6 Å². The van der Waals surface area contributed by atoms with E-state index >= 15 is 0 Å². The quantitative estimate of drug-likeness (QED) is 0.369. The summed E-state index contributed by atoms with van der Waals surface area (Å²) < 4.78 is 0. The third-order valence-electron chi connectivity index (χ3n) is 4.29. The van der Waals surface area contributed by atoms with Crippen LogP contribution in [0.1, 0.15) is 35.7 Å². The summed E-state index contributed by atoms with van der Waals surface area (Å²) in [6.07, 6.45) is 2.42. The third kappa shape index (κ3) is 4.83. The van der Waals surface area contributed by atoms with Crippen LogP contribution in [0.4, 0.5) is 11.4 Å². The van der Waals surface area contributed by atoms with Crippen molar-refractivity contribution in [1.29, 1.82) is 5.41 Å². The van der Waals surface area contributed by atoms with Crippen molar-refractivity contribution in [2.24, 2.45) is 0 Å². The van der Waals surface area contributed by atoms with E-state index in [1.807, 2.05) is 47.8 Å². The van der Waals surface area contributed by atoms with Crippen molar-refractivity contribution in [2.45, 2.75) is 26.2 Å². The van der Waals surface area contributed by atoms with E-state index in [0.29, 0.717) is 29.1 Å². The molecule has 3 aromatic rings. The predicted octanol–water partition coefficient (Wildman–Crippen LogP) is 5.61. The molecule has 1 heterocycles. The molecule has 2 aromatic carbocycles. The molecule has 0 aliphatic heterocycles. The molecule has 5 heteroatoms. The fraction of sp³-hybridized carbons (Fsp3) is 0.182. The molecule has 0 radical (unpaired) electrons. The summed E-state index contributed by atoms with van der Waals surface area (Å²) in [4.78, 5) is 13.7. The highest BCUT2D eigenvalue weighted by atomic mass is 32.1. The molecular formula is C22H23N3OS. The minimum atomic E-state index is -0.194. The van der Waals surface area contributed by atoms with Crippen molar-refractivity contribution < 1.29 is 4.79 Å². The van der Waals surface area contributed by atoms with Crippen molar-refractivity contribution in [3.8, 4) is 10.4 Å². The van der Waals surface area contributed by atoms with Crippen LogP contribution in [0.15, 0.2) is 60.0 Å². The maximum Gasteiger partial charge on any atom is 0.255 e. The molecule has 4 N–H and O–H groups in total. The second-order valence-electron chi connectivity index (χ2n) is 6.46. The van der Waals surface area contributed by atoms with Crippen LogP contribution >= 0.6 is 11.3 Å². The lowest BCUT2D eigenvalue weighted by molar-refractivity contribution is 0.102. The van der Waals surface area contributed by atoms with Gasteiger partial charge < -0.3 is 16.5 Å². The first-order chi connectivity index (χ1) is 13.1. The molecular weight excluding hydrogens is 354 g/mol. The Morgan fingerprint density at radius 3 is 2.59 bits per heavy atom. The highest BCUT2D eigenvalue weighted by Gasteiger charge is 2.10. The van der Waals surface area contributed by atoms with E-state index in [0.717, 1.165) is 28.8 Å². The summed E-state index contributed by atoms with van der Waals surface area (Å²) in [5.41, 5.74) is 10.5. The molecule has 4 nitrogen and oxygen atoms in total. The fourth-order valence-electron chi connectivity index (χ4n) is 2.87. The Hall–Kier alpha value is -2.92. The van der Waals surface area contributed by atoms with Gasteiger partial charge >= 0.3 is 0 Å². The van der Waals surface area contributed by atoms with Gasteiger partial charge in [0, 0.05) is 22.6 Å². The highest BCUT2D eigenvalue weighted by molar-refractivity contribution is 7.13. The van der Waals surface area contributed by atoms with Crippen LogP contribution in [-0.2, 0) is 6.42 Å². The summed E-state index contributed by atoms with van der Waals surface area (Å²) in [7, 11) is 0.